The van der Waals surface area contributed by atoms with Gasteiger partial charge in [-0.3, -0.25) is 0 Å². The number of rotatable bonds is 3. The molecule has 1 aliphatic rings. The van der Waals surface area contributed by atoms with Crippen molar-refractivity contribution in [1.82, 2.24) is 4.90 Å². The van der Waals surface area contributed by atoms with Gasteiger partial charge in [-0.15, -0.1) is 0 Å². The first kappa shape index (κ1) is 13.1. The van der Waals surface area contributed by atoms with Gasteiger partial charge in [0.1, 0.15) is 0 Å². The van der Waals surface area contributed by atoms with E-state index in [1.54, 1.807) is 0 Å². The van der Waals surface area contributed by atoms with E-state index in [1.807, 2.05) is 0 Å². The third kappa shape index (κ3) is 3.85. The summed E-state index contributed by atoms with van der Waals surface area (Å²) in [6.07, 6.45) is 2.65. The van der Waals surface area contributed by atoms with Crippen molar-refractivity contribution in [3.63, 3.8) is 0 Å². The molecule has 0 radical (unpaired) electrons. The first-order valence-electron chi connectivity index (χ1n) is 6.33. The molecule has 17 heavy (non-hydrogen) atoms. The van der Waals surface area contributed by atoms with Gasteiger partial charge < -0.3 is 10.2 Å². The zero-order valence-electron chi connectivity index (χ0n) is 10.7. The minimum absolute atomic E-state index is 0.838. The van der Waals surface area contributed by atoms with Crippen molar-refractivity contribution < 1.29 is 0 Å². The van der Waals surface area contributed by atoms with Crippen molar-refractivity contribution in [2.24, 2.45) is 5.92 Å². The summed E-state index contributed by atoms with van der Waals surface area (Å²) in [5.74, 6) is 0.838. The van der Waals surface area contributed by atoms with E-state index in [0.29, 0.717) is 0 Å². The molecule has 3 heteroatoms. The van der Waals surface area contributed by atoms with E-state index in [1.165, 1.54) is 40.8 Å². The van der Waals surface area contributed by atoms with Crippen LogP contribution < -0.4 is 5.32 Å². The van der Waals surface area contributed by atoms with E-state index in [9.17, 15) is 0 Å². The number of nitrogens with one attached hydrogen (secondary N) is 1. The second kappa shape index (κ2) is 6.05. The molecular weight excluding hydrogens is 323 g/mol. The maximum atomic E-state index is 3.57. The summed E-state index contributed by atoms with van der Waals surface area (Å²) < 4.78 is 1.34. The van der Waals surface area contributed by atoms with Crippen LogP contribution in [-0.4, -0.2) is 31.6 Å². The van der Waals surface area contributed by atoms with Gasteiger partial charge in [-0.05, 0) is 86.1 Å². The van der Waals surface area contributed by atoms with E-state index in [0.717, 1.165) is 12.5 Å². The molecule has 1 aromatic carbocycles. The number of aryl methyl sites for hydroxylation is 1. The third-order valence-electron chi connectivity index (χ3n) is 3.60. The fourth-order valence-electron chi connectivity index (χ4n) is 2.23. The highest BCUT2D eigenvalue weighted by atomic mass is 127. The SMILES string of the molecule is Cc1ccc(NCC2CCN(C)CC2)cc1I. The summed E-state index contributed by atoms with van der Waals surface area (Å²) in [6.45, 7) is 5.77. The molecule has 1 saturated heterocycles. The Hall–Kier alpha value is -0.290. The molecule has 1 N–H and O–H groups in total. The molecule has 0 atom stereocenters. The molecule has 0 spiro atoms. The van der Waals surface area contributed by atoms with Gasteiger partial charge in [0.15, 0.2) is 0 Å². The van der Waals surface area contributed by atoms with Gasteiger partial charge in [-0.2, -0.15) is 0 Å². The molecule has 0 unspecified atom stereocenters. The van der Waals surface area contributed by atoms with Gasteiger partial charge in [0.05, 0.1) is 0 Å². The number of nitrogens with zero attached hydrogens (tertiary/aromatic N) is 1. The molecule has 1 aromatic rings. The molecule has 2 nitrogen and oxygen atoms in total. The first-order valence-corrected chi connectivity index (χ1v) is 7.41. The largest absolute Gasteiger partial charge is 0.385 e. The second-order valence-corrected chi connectivity index (χ2v) is 6.25. The monoisotopic (exact) mass is 344 g/mol. The van der Waals surface area contributed by atoms with Crippen molar-refractivity contribution in [3.8, 4) is 0 Å². The van der Waals surface area contributed by atoms with Crippen LogP contribution in [0.5, 0.6) is 0 Å². The molecule has 0 bridgehead atoms. The second-order valence-electron chi connectivity index (χ2n) is 5.09. The van der Waals surface area contributed by atoms with Crippen molar-refractivity contribution >= 4 is 28.3 Å². The van der Waals surface area contributed by atoms with Gasteiger partial charge in [0, 0.05) is 15.8 Å². The highest BCUT2D eigenvalue weighted by Crippen LogP contribution is 2.20. The van der Waals surface area contributed by atoms with Gasteiger partial charge in [-0.1, -0.05) is 6.07 Å². The third-order valence-corrected chi connectivity index (χ3v) is 4.77. The van der Waals surface area contributed by atoms with Gasteiger partial charge in [0.25, 0.3) is 0 Å². The Balaban J connectivity index is 1.83. The number of hydrogen-bond acceptors (Lipinski definition) is 2. The van der Waals surface area contributed by atoms with Gasteiger partial charge in [0.2, 0.25) is 0 Å². The fourth-order valence-corrected chi connectivity index (χ4v) is 2.75. The summed E-state index contributed by atoms with van der Waals surface area (Å²) >= 11 is 2.40. The molecule has 1 heterocycles. The Kier molecular flexibility index (Phi) is 4.68. The highest BCUT2D eigenvalue weighted by molar-refractivity contribution is 14.1. The Morgan fingerprint density at radius 1 is 1.35 bits per heavy atom. The Morgan fingerprint density at radius 2 is 2.06 bits per heavy atom. The summed E-state index contributed by atoms with van der Waals surface area (Å²) in [7, 11) is 2.21. The van der Waals surface area contributed by atoms with E-state index >= 15 is 0 Å². The average Bonchev–Trinajstić information content (AvgIpc) is 2.33. The van der Waals surface area contributed by atoms with E-state index in [4.69, 9.17) is 0 Å². The van der Waals surface area contributed by atoms with Crippen LogP contribution in [0.3, 0.4) is 0 Å². The molecule has 0 amide bonds. The van der Waals surface area contributed by atoms with Crippen LogP contribution in [0.15, 0.2) is 18.2 Å². The van der Waals surface area contributed by atoms with Crippen molar-refractivity contribution in [3.05, 3.63) is 27.3 Å². The number of piperidine rings is 1. The maximum absolute atomic E-state index is 3.57. The Bertz CT molecular complexity index is 370. The molecule has 0 aromatic heterocycles. The molecule has 2 rings (SSSR count). The minimum Gasteiger partial charge on any atom is -0.385 e. The van der Waals surface area contributed by atoms with Crippen LogP contribution in [0, 0.1) is 16.4 Å². The number of benzene rings is 1. The normalized spacial score (nSPS) is 18.3. The fraction of sp³-hybridized carbons (Fsp3) is 0.571. The van der Waals surface area contributed by atoms with Crippen LogP contribution >= 0.6 is 22.6 Å². The van der Waals surface area contributed by atoms with E-state index < -0.39 is 0 Å². The maximum Gasteiger partial charge on any atom is 0.0351 e. The van der Waals surface area contributed by atoms with Gasteiger partial charge in [-0.25, -0.2) is 0 Å². The molecule has 0 saturated carbocycles. The molecule has 94 valence electrons. The average molecular weight is 344 g/mol. The van der Waals surface area contributed by atoms with Crippen LogP contribution in [0.4, 0.5) is 5.69 Å². The standard InChI is InChI=1S/C14H21IN2/c1-11-3-4-13(9-14(11)15)16-10-12-5-7-17(2)8-6-12/h3-4,9,12,16H,5-8,10H2,1-2H3. The predicted octanol–water partition coefficient (Wildman–Crippen LogP) is 3.35. The van der Waals surface area contributed by atoms with Crippen molar-refractivity contribution in [2.75, 3.05) is 32.0 Å². The first-order chi connectivity index (χ1) is 8.15. The van der Waals surface area contributed by atoms with Crippen LogP contribution in [0.1, 0.15) is 18.4 Å². The van der Waals surface area contributed by atoms with E-state index in [-0.39, 0.29) is 0 Å². The Labute approximate surface area is 118 Å². The summed E-state index contributed by atoms with van der Waals surface area (Å²) in [6, 6.07) is 6.62. The van der Waals surface area contributed by atoms with Crippen LogP contribution in [0.25, 0.3) is 0 Å². The highest BCUT2D eigenvalue weighted by Gasteiger charge is 2.16. The van der Waals surface area contributed by atoms with Gasteiger partial charge >= 0.3 is 0 Å². The topological polar surface area (TPSA) is 15.3 Å². The molecule has 0 aliphatic carbocycles. The Morgan fingerprint density at radius 3 is 2.71 bits per heavy atom. The predicted molar refractivity (Wildman–Crippen MR) is 82.6 cm³/mol. The number of halogens is 1. The zero-order chi connectivity index (χ0) is 12.3. The smallest absolute Gasteiger partial charge is 0.0351 e. The molecule has 1 fully saturated rings. The molecule has 1 aliphatic heterocycles. The lowest BCUT2D eigenvalue weighted by Crippen LogP contribution is -2.32. The number of anilines is 1. The summed E-state index contributed by atoms with van der Waals surface area (Å²) in [5, 5.41) is 3.57. The number of hydrogen-bond donors (Lipinski definition) is 1. The lowest BCUT2D eigenvalue weighted by molar-refractivity contribution is 0.226. The minimum atomic E-state index is 0.838. The van der Waals surface area contributed by atoms with Crippen LogP contribution in [-0.2, 0) is 0 Å². The lowest BCUT2D eigenvalue weighted by Gasteiger charge is -2.29. The number of likely N-dealkylation sites (tertiary alicyclic amines) is 1. The summed E-state index contributed by atoms with van der Waals surface area (Å²) in [4.78, 5) is 2.42. The summed E-state index contributed by atoms with van der Waals surface area (Å²) in [5.41, 5.74) is 2.62. The van der Waals surface area contributed by atoms with Crippen molar-refractivity contribution in [2.45, 2.75) is 19.8 Å². The van der Waals surface area contributed by atoms with Crippen LogP contribution in [0.2, 0.25) is 0 Å². The quantitative estimate of drug-likeness (QED) is 0.846. The molecular formula is C14H21IN2. The zero-order valence-corrected chi connectivity index (χ0v) is 12.8. The van der Waals surface area contributed by atoms with E-state index in [2.05, 4.69) is 65.0 Å². The van der Waals surface area contributed by atoms with Crippen molar-refractivity contribution in [1.29, 1.82) is 0 Å². The lowest BCUT2D eigenvalue weighted by atomic mass is 9.97.